The topological polar surface area (TPSA) is 88.2 Å². The number of carbonyl (C=O) groups excluding carboxylic acids is 3. The summed E-state index contributed by atoms with van der Waals surface area (Å²) < 4.78 is 10.7. The highest BCUT2D eigenvalue weighted by molar-refractivity contribution is 6.09. The maximum absolute atomic E-state index is 13.1. The van der Waals surface area contributed by atoms with Gasteiger partial charge in [0.15, 0.2) is 11.5 Å². The number of urea groups is 1. The van der Waals surface area contributed by atoms with Gasteiger partial charge in [-0.05, 0) is 44.4 Å². The van der Waals surface area contributed by atoms with Gasteiger partial charge in [0.25, 0.3) is 5.91 Å². The zero-order chi connectivity index (χ0) is 19.9. The molecule has 4 amide bonds. The van der Waals surface area contributed by atoms with Crippen molar-refractivity contribution in [3.05, 3.63) is 23.8 Å². The summed E-state index contributed by atoms with van der Waals surface area (Å²) in [6.07, 6.45) is 3.11. The van der Waals surface area contributed by atoms with Crippen molar-refractivity contribution < 1.29 is 23.9 Å². The van der Waals surface area contributed by atoms with Crippen LogP contribution in [0.3, 0.4) is 0 Å². The Morgan fingerprint density at radius 1 is 1.25 bits per heavy atom. The summed E-state index contributed by atoms with van der Waals surface area (Å²) in [7, 11) is 0. The maximum Gasteiger partial charge on any atom is 0.325 e. The molecule has 1 spiro atoms. The number of nitrogens with one attached hydrogen (secondary N) is 1. The van der Waals surface area contributed by atoms with Gasteiger partial charge in [0, 0.05) is 13.1 Å². The monoisotopic (exact) mass is 387 g/mol. The maximum atomic E-state index is 13.1. The Morgan fingerprint density at radius 3 is 2.68 bits per heavy atom. The number of amides is 4. The van der Waals surface area contributed by atoms with Crippen molar-refractivity contribution in [2.24, 2.45) is 0 Å². The average molecular weight is 387 g/mol. The fourth-order valence-electron chi connectivity index (χ4n) is 4.29. The van der Waals surface area contributed by atoms with E-state index in [1.54, 1.807) is 11.8 Å². The summed E-state index contributed by atoms with van der Waals surface area (Å²) >= 11 is 0. The van der Waals surface area contributed by atoms with E-state index < -0.39 is 17.6 Å². The van der Waals surface area contributed by atoms with Gasteiger partial charge < -0.3 is 19.7 Å². The molecule has 0 aromatic heterocycles. The van der Waals surface area contributed by atoms with Crippen LogP contribution in [-0.2, 0) is 16.1 Å². The molecule has 1 aromatic carbocycles. The molecular weight excluding hydrogens is 362 g/mol. The molecule has 2 fully saturated rings. The third-order valence-corrected chi connectivity index (χ3v) is 5.90. The average Bonchev–Trinajstić information content (AvgIpc) is 3.39. The number of carbonyl (C=O) groups is 3. The van der Waals surface area contributed by atoms with Crippen molar-refractivity contribution in [2.75, 3.05) is 13.3 Å². The van der Waals surface area contributed by atoms with E-state index in [0.29, 0.717) is 37.4 Å². The first-order valence-electron chi connectivity index (χ1n) is 9.78. The van der Waals surface area contributed by atoms with Gasteiger partial charge in [-0.3, -0.25) is 9.59 Å². The van der Waals surface area contributed by atoms with E-state index in [4.69, 9.17) is 9.47 Å². The molecule has 8 heteroatoms. The Kier molecular flexibility index (Phi) is 4.64. The van der Waals surface area contributed by atoms with Crippen molar-refractivity contribution in [3.63, 3.8) is 0 Å². The van der Waals surface area contributed by atoms with Crippen molar-refractivity contribution >= 4 is 17.8 Å². The first-order chi connectivity index (χ1) is 13.4. The summed E-state index contributed by atoms with van der Waals surface area (Å²) in [4.78, 5) is 41.2. The zero-order valence-electron chi connectivity index (χ0n) is 16.2. The van der Waals surface area contributed by atoms with Crippen molar-refractivity contribution in [1.82, 2.24) is 15.1 Å². The Balaban J connectivity index is 1.49. The van der Waals surface area contributed by atoms with E-state index in [1.165, 1.54) is 0 Å². The molecular formula is C20H25N3O5. The van der Waals surface area contributed by atoms with Crippen LogP contribution in [0.15, 0.2) is 18.2 Å². The Bertz CT molecular complexity index is 818. The smallest absolute Gasteiger partial charge is 0.325 e. The molecule has 4 rings (SSSR count). The van der Waals surface area contributed by atoms with E-state index in [1.807, 2.05) is 25.1 Å². The van der Waals surface area contributed by atoms with Gasteiger partial charge in [-0.2, -0.15) is 0 Å². The summed E-state index contributed by atoms with van der Waals surface area (Å²) in [5.41, 5.74) is 0.0936. The standard InChI is InChI=1S/C20H25N3O5/c1-3-22(11-14-6-7-15-16(10-14)28-12-27-15)17(24)13(2)23-18(25)20(21-19(23)26)8-4-5-9-20/h6-7,10,13H,3-5,8-9,11-12H2,1-2H3,(H,21,26). The van der Waals surface area contributed by atoms with Crippen LogP contribution in [-0.4, -0.2) is 52.6 Å². The number of fused-ring (bicyclic) bond motifs is 1. The number of rotatable bonds is 5. The van der Waals surface area contributed by atoms with Crippen LogP contribution in [0.5, 0.6) is 11.5 Å². The lowest BCUT2D eigenvalue weighted by atomic mass is 9.97. The molecule has 1 saturated heterocycles. The first kappa shape index (κ1) is 18.6. The van der Waals surface area contributed by atoms with Gasteiger partial charge in [0.05, 0.1) is 0 Å². The van der Waals surface area contributed by atoms with Crippen LogP contribution in [0.2, 0.25) is 0 Å². The number of ether oxygens (including phenoxy) is 2. The Morgan fingerprint density at radius 2 is 1.96 bits per heavy atom. The molecule has 1 aromatic rings. The molecule has 1 saturated carbocycles. The van der Waals surface area contributed by atoms with E-state index in [-0.39, 0.29) is 18.6 Å². The Hall–Kier alpha value is -2.77. The van der Waals surface area contributed by atoms with Gasteiger partial charge in [-0.15, -0.1) is 0 Å². The Labute approximate surface area is 163 Å². The molecule has 0 radical (unpaired) electrons. The van der Waals surface area contributed by atoms with Crippen LogP contribution in [0.4, 0.5) is 4.79 Å². The van der Waals surface area contributed by atoms with Gasteiger partial charge in [-0.1, -0.05) is 18.9 Å². The lowest BCUT2D eigenvalue weighted by molar-refractivity contribution is -0.143. The molecule has 3 aliphatic rings. The molecule has 2 aliphatic heterocycles. The predicted molar refractivity (Wildman–Crippen MR) is 99.7 cm³/mol. The summed E-state index contributed by atoms with van der Waals surface area (Å²) in [6.45, 7) is 4.52. The van der Waals surface area contributed by atoms with Crippen LogP contribution >= 0.6 is 0 Å². The predicted octanol–water partition coefficient (Wildman–Crippen LogP) is 2.02. The second-order valence-electron chi connectivity index (χ2n) is 7.61. The van der Waals surface area contributed by atoms with Crippen LogP contribution in [0, 0.1) is 0 Å². The van der Waals surface area contributed by atoms with Crippen LogP contribution in [0.1, 0.15) is 45.1 Å². The molecule has 1 aliphatic carbocycles. The van der Waals surface area contributed by atoms with Crippen LogP contribution in [0.25, 0.3) is 0 Å². The second-order valence-corrected chi connectivity index (χ2v) is 7.61. The first-order valence-corrected chi connectivity index (χ1v) is 9.78. The molecule has 1 unspecified atom stereocenters. The molecule has 2 heterocycles. The largest absolute Gasteiger partial charge is 0.454 e. The second kappa shape index (κ2) is 7.00. The minimum absolute atomic E-state index is 0.195. The molecule has 28 heavy (non-hydrogen) atoms. The fourth-order valence-corrected chi connectivity index (χ4v) is 4.29. The van der Waals surface area contributed by atoms with E-state index in [9.17, 15) is 14.4 Å². The molecule has 1 atom stereocenters. The molecule has 1 N–H and O–H groups in total. The lowest BCUT2D eigenvalue weighted by Gasteiger charge is -2.29. The number of hydrogen-bond acceptors (Lipinski definition) is 5. The zero-order valence-corrected chi connectivity index (χ0v) is 16.2. The van der Waals surface area contributed by atoms with Gasteiger partial charge in [-0.25, -0.2) is 9.69 Å². The summed E-state index contributed by atoms with van der Waals surface area (Å²) in [5.74, 6) is 0.827. The number of hydrogen-bond donors (Lipinski definition) is 1. The minimum Gasteiger partial charge on any atom is -0.454 e. The summed E-state index contributed by atoms with van der Waals surface area (Å²) in [5, 5.41) is 2.84. The third kappa shape index (κ3) is 2.96. The molecule has 150 valence electrons. The number of imide groups is 1. The molecule has 0 bridgehead atoms. The highest BCUT2D eigenvalue weighted by atomic mass is 16.7. The van der Waals surface area contributed by atoms with Gasteiger partial charge in [0.2, 0.25) is 12.7 Å². The lowest BCUT2D eigenvalue weighted by Crippen LogP contribution is -2.50. The minimum atomic E-state index is -0.846. The van der Waals surface area contributed by atoms with Crippen LogP contribution < -0.4 is 14.8 Å². The van der Waals surface area contributed by atoms with Gasteiger partial charge in [0.1, 0.15) is 11.6 Å². The van der Waals surface area contributed by atoms with Crippen molar-refractivity contribution in [3.8, 4) is 11.5 Å². The number of benzene rings is 1. The van der Waals surface area contributed by atoms with Crippen molar-refractivity contribution in [1.29, 1.82) is 0 Å². The van der Waals surface area contributed by atoms with E-state index in [0.717, 1.165) is 23.3 Å². The highest BCUT2D eigenvalue weighted by Crippen LogP contribution is 2.36. The number of likely N-dealkylation sites (N-methyl/N-ethyl adjacent to an activating group) is 1. The summed E-state index contributed by atoms with van der Waals surface area (Å²) in [6, 6.07) is 4.24. The third-order valence-electron chi connectivity index (χ3n) is 5.90. The fraction of sp³-hybridized carbons (Fsp3) is 0.550. The quantitative estimate of drug-likeness (QED) is 0.781. The van der Waals surface area contributed by atoms with E-state index >= 15 is 0 Å². The van der Waals surface area contributed by atoms with Gasteiger partial charge >= 0.3 is 6.03 Å². The van der Waals surface area contributed by atoms with E-state index in [2.05, 4.69) is 5.32 Å². The highest BCUT2D eigenvalue weighted by Gasteiger charge is 2.54. The number of nitrogens with zero attached hydrogens (tertiary/aromatic N) is 2. The SMILES string of the molecule is CCN(Cc1ccc2c(c1)OCO2)C(=O)C(C)N1C(=O)NC2(CCCC2)C1=O. The normalized spacial score (nSPS) is 20.6. The molecule has 8 nitrogen and oxygen atoms in total. The van der Waals surface area contributed by atoms with Crippen molar-refractivity contribution in [2.45, 2.75) is 57.7 Å².